The number of hydrogen-bond donors (Lipinski definition) is 1. The van der Waals surface area contributed by atoms with E-state index in [1.54, 1.807) is 6.07 Å². The number of benzene rings is 1. The zero-order chi connectivity index (χ0) is 9.97. The van der Waals surface area contributed by atoms with Crippen LogP contribution in [-0.2, 0) is 4.74 Å². The number of H-pyrrole nitrogens is 1. The van der Waals surface area contributed by atoms with Crippen molar-refractivity contribution in [3.8, 4) is 0 Å². The van der Waals surface area contributed by atoms with Crippen LogP contribution >= 0.6 is 11.6 Å². The number of para-hydroxylation sites is 1. The predicted octanol–water partition coefficient (Wildman–Crippen LogP) is 2.52. The summed E-state index contributed by atoms with van der Waals surface area (Å²) in [5.74, 6) is -0.434. The normalized spacial score (nSPS) is 10.4. The number of aromatic nitrogens is 1. The molecule has 0 radical (unpaired) electrons. The number of carbonyl (C=O) groups is 1. The van der Waals surface area contributed by atoms with Crippen LogP contribution in [0.2, 0.25) is 0 Å². The van der Waals surface area contributed by atoms with E-state index in [0.29, 0.717) is 5.69 Å². The average Bonchev–Trinajstić information content (AvgIpc) is 2.61. The number of alkyl halides is 1. The number of halogens is 1. The Morgan fingerprint density at radius 3 is 2.93 bits per heavy atom. The summed E-state index contributed by atoms with van der Waals surface area (Å²) in [6.07, 6.45) is 0. The fourth-order valence-electron chi connectivity index (χ4n) is 1.31. The van der Waals surface area contributed by atoms with Gasteiger partial charge in [0, 0.05) is 10.9 Å². The maximum atomic E-state index is 11.3. The van der Waals surface area contributed by atoms with Crippen molar-refractivity contribution < 1.29 is 9.53 Å². The number of rotatable bonds is 2. The lowest BCUT2D eigenvalue weighted by atomic mass is 10.2. The summed E-state index contributed by atoms with van der Waals surface area (Å²) in [5.41, 5.74) is 1.33. The zero-order valence-electron chi connectivity index (χ0n) is 7.29. The van der Waals surface area contributed by atoms with Gasteiger partial charge < -0.3 is 9.72 Å². The summed E-state index contributed by atoms with van der Waals surface area (Å²) < 4.78 is 4.65. The van der Waals surface area contributed by atoms with Gasteiger partial charge in [-0.15, -0.1) is 0 Å². The first-order valence-corrected chi connectivity index (χ1v) is 4.65. The summed E-state index contributed by atoms with van der Waals surface area (Å²) in [7, 11) is 0. The van der Waals surface area contributed by atoms with Gasteiger partial charge in [-0.3, -0.25) is 0 Å². The van der Waals surface area contributed by atoms with E-state index in [1.165, 1.54) is 0 Å². The Bertz CT molecular complexity index is 431. The van der Waals surface area contributed by atoms with Crippen molar-refractivity contribution >= 4 is 28.5 Å². The van der Waals surface area contributed by atoms with E-state index >= 15 is 0 Å². The van der Waals surface area contributed by atoms with Crippen LogP contribution < -0.4 is 0 Å². The number of nitrogens with one attached hydrogen (secondary N) is 1. The molecule has 2 rings (SSSR count). The summed E-state index contributed by atoms with van der Waals surface area (Å²) >= 11 is 5.29. The zero-order valence-corrected chi connectivity index (χ0v) is 8.04. The molecule has 0 aliphatic rings. The molecule has 0 saturated heterocycles. The van der Waals surface area contributed by atoms with E-state index in [9.17, 15) is 4.79 Å². The Balaban J connectivity index is 2.40. The molecule has 0 bridgehead atoms. The van der Waals surface area contributed by atoms with E-state index in [0.717, 1.165) is 10.9 Å². The predicted molar refractivity (Wildman–Crippen MR) is 54.4 cm³/mol. The van der Waals surface area contributed by atoms with Crippen LogP contribution in [0.1, 0.15) is 10.5 Å². The van der Waals surface area contributed by atoms with Gasteiger partial charge in [-0.2, -0.15) is 0 Å². The van der Waals surface area contributed by atoms with Crippen LogP contribution in [0.5, 0.6) is 0 Å². The first kappa shape index (κ1) is 9.09. The highest BCUT2D eigenvalue weighted by Crippen LogP contribution is 2.15. The molecule has 72 valence electrons. The molecule has 0 unspecified atom stereocenters. The van der Waals surface area contributed by atoms with Gasteiger partial charge in [0.1, 0.15) is 5.69 Å². The largest absolute Gasteiger partial charge is 0.445 e. The molecular formula is C10H8ClNO2. The minimum absolute atomic E-state index is 0.131. The van der Waals surface area contributed by atoms with Crippen LogP contribution in [0.25, 0.3) is 10.9 Å². The van der Waals surface area contributed by atoms with Crippen molar-refractivity contribution in [2.45, 2.75) is 0 Å². The van der Waals surface area contributed by atoms with Crippen molar-refractivity contribution in [1.82, 2.24) is 4.98 Å². The summed E-state index contributed by atoms with van der Waals surface area (Å²) in [6.45, 7) is 0. The van der Waals surface area contributed by atoms with Crippen LogP contribution in [-0.4, -0.2) is 17.0 Å². The van der Waals surface area contributed by atoms with Crippen molar-refractivity contribution in [2.24, 2.45) is 0 Å². The van der Waals surface area contributed by atoms with E-state index < -0.39 is 5.97 Å². The Hall–Kier alpha value is -1.48. The monoisotopic (exact) mass is 209 g/mol. The van der Waals surface area contributed by atoms with Crippen LogP contribution in [0.15, 0.2) is 30.3 Å². The van der Waals surface area contributed by atoms with Gasteiger partial charge in [0.15, 0.2) is 6.07 Å². The highest BCUT2D eigenvalue weighted by atomic mass is 35.5. The average molecular weight is 210 g/mol. The maximum Gasteiger partial charge on any atom is 0.355 e. The van der Waals surface area contributed by atoms with Crippen LogP contribution in [0, 0.1) is 0 Å². The molecule has 0 aliphatic heterocycles. The number of carbonyl (C=O) groups excluding carboxylic acids is 1. The molecule has 4 heteroatoms. The number of esters is 1. The first-order valence-electron chi connectivity index (χ1n) is 4.12. The SMILES string of the molecule is O=C(OCCl)c1cc2ccccc2[nH]1. The second-order valence-corrected chi connectivity index (χ2v) is 3.03. The number of fused-ring (bicyclic) bond motifs is 1. The smallest absolute Gasteiger partial charge is 0.355 e. The maximum absolute atomic E-state index is 11.3. The number of hydrogen-bond acceptors (Lipinski definition) is 2. The van der Waals surface area contributed by atoms with Gasteiger partial charge in [0.2, 0.25) is 0 Å². The Kier molecular flexibility index (Phi) is 2.41. The van der Waals surface area contributed by atoms with Gasteiger partial charge in [-0.25, -0.2) is 4.79 Å². The molecular weight excluding hydrogens is 202 g/mol. The minimum Gasteiger partial charge on any atom is -0.445 e. The van der Waals surface area contributed by atoms with E-state index in [4.69, 9.17) is 11.6 Å². The first-order chi connectivity index (χ1) is 6.81. The highest BCUT2D eigenvalue weighted by molar-refractivity contribution is 6.17. The van der Waals surface area contributed by atoms with Crippen molar-refractivity contribution in [3.63, 3.8) is 0 Å². The molecule has 0 amide bonds. The molecule has 0 saturated carbocycles. The van der Waals surface area contributed by atoms with Crippen LogP contribution in [0.4, 0.5) is 0 Å². The fraction of sp³-hybridized carbons (Fsp3) is 0.100. The molecule has 0 aliphatic carbocycles. The number of ether oxygens (including phenoxy) is 1. The lowest BCUT2D eigenvalue weighted by molar-refractivity contribution is 0.0568. The number of aromatic amines is 1. The Labute approximate surface area is 85.6 Å². The molecule has 1 N–H and O–H groups in total. The lowest BCUT2D eigenvalue weighted by Gasteiger charge is -1.95. The Morgan fingerprint density at radius 1 is 1.43 bits per heavy atom. The second kappa shape index (κ2) is 3.72. The second-order valence-electron chi connectivity index (χ2n) is 2.81. The van der Waals surface area contributed by atoms with E-state index in [1.807, 2.05) is 24.3 Å². The van der Waals surface area contributed by atoms with Crippen molar-refractivity contribution in [1.29, 1.82) is 0 Å². The van der Waals surface area contributed by atoms with Gasteiger partial charge in [0.05, 0.1) is 0 Å². The molecule has 2 aromatic rings. The molecule has 0 atom stereocenters. The summed E-state index contributed by atoms with van der Waals surface area (Å²) in [6, 6.07) is 9.23. The molecule has 1 aromatic heterocycles. The molecule has 1 heterocycles. The standard InChI is InChI=1S/C10H8ClNO2/c11-6-14-10(13)9-5-7-3-1-2-4-8(7)12-9/h1-5,12H,6H2. The molecule has 0 fully saturated rings. The van der Waals surface area contributed by atoms with Gasteiger partial charge in [-0.05, 0) is 12.1 Å². The molecule has 3 nitrogen and oxygen atoms in total. The van der Waals surface area contributed by atoms with Gasteiger partial charge >= 0.3 is 5.97 Å². The third-order valence-corrected chi connectivity index (χ3v) is 2.04. The topological polar surface area (TPSA) is 42.1 Å². The summed E-state index contributed by atoms with van der Waals surface area (Å²) in [4.78, 5) is 14.2. The molecule has 1 aromatic carbocycles. The van der Waals surface area contributed by atoms with E-state index in [2.05, 4.69) is 9.72 Å². The highest BCUT2D eigenvalue weighted by Gasteiger charge is 2.09. The van der Waals surface area contributed by atoms with Gasteiger partial charge in [-0.1, -0.05) is 29.8 Å². The quantitative estimate of drug-likeness (QED) is 0.610. The Morgan fingerprint density at radius 2 is 2.21 bits per heavy atom. The molecule has 14 heavy (non-hydrogen) atoms. The van der Waals surface area contributed by atoms with Gasteiger partial charge in [0.25, 0.3) is 0 Å². The molecule has 0 spiro atoms. The lowest BCUT2D eigenvalue weighted by Crippen LogP contribution is -2.03. The third kappa shape index (κ3) is 1.59. The van der Waals surface area contributed by atoms with E-state index in [-0.39, 0.29) is 6.07 Å². The third-order valence-electron chi connectivity index (χ3n) is 1.94. The van der Waals surface area contributed by atoms with Crippen molar-refractivity contribution in [2.75, 3.05) is 6.07 Å². The van der Waals surface area contributed by atoms with Crippen LogP contribution in [0.3, 0.4) is 0 Å². The fourth-order valence-corrected chi connectivity index (χ4v) is 1.41. The van der Waals surface area contributed by atoms with Crippen molar-refractivity contribution in [3.05, 3.63) is 36.0 Å². The summed E-state index contributed by atoms with van der Waals surface area (Å²) in [5, 5.41) is 0.981. The minimum atomic E-state index is -0.434.